The molecule has 146 valence electrons. The monoisotopic (exact) mass is 408 g/mol. The van der Waals surface area contributed by atoms with E-state index in [0.29, 0.717) is 6.54 Å². The molecule has 0 radical (unpaired) electrons. The molecule has 8 nitrogen and oxygen atoms in total. The summed E-state index contributed by atoms with van der Waals surface area (Å²) in [6, 6.07) is 18.9. The number of fused-ring (bicyclic) bond motifs is 1. The first-order valence-corrected chi connectivity index (χ1v) is 10.2. The number of sulfonamides is 1. The van der Waals surface area contributed by atoms with Crippen molar-refractivity contribution in [1.82, 2.24) is 9.78 Å². The van der Waals surface area contributed by atoms with Gasteiger partial charge in [0.2, 0.25) is 0 Å². The highest BCUT2D eigenvalue weighted by Crippen LogP contribution is 2.22. The molecule has 29 heavy (non-hydrogen) atoms. The van der Waals surface area contributed by atoms with Crippen LogP contribution in [0.1, 0.15) is 5.56 Å². The van der Waals surface area contributed by atoms with Gasteiger partial charge in [-0.2, -0.15) is 5.10 Å². The Labute approximate surface area is 166 Å². The van der Waals surface area contributed by atoms with Crippen LogP contribution in [0.3, 0.4) is 0 Å². The lowest BCUT2D eigenvalue weighted by molar-refractivity contribution is -0.385. The molecular weight excluding hydrogens is 392 g/mol. The van der Waals surface area contributed by atoms with Gasteiger partial charge in [-0.15, -0.1) is 0 Å². The predicted octanol–water partition coefficient (Wildman–Crippen LogP) is 3.79. The maximum atomic E-state index is 12.5. The molecule has 0 spiro atoms. The fourth-order valence-electron chi connectivity index (χ4n) is 3.09. The fourth-order valence-corrected chi connectivity index (χ4v) is 4.15. The van der Waals surface area contributed by atoms with E-state index < -0.39 is 14.9 Å². The van der Waals surface area contributed by atoms with Gasteiger partial charge in [-0.1, -0.05) is 48.5 Å². The Kier molecular flexibility index (Phi) is 4.73. The van der Waals surface area contributed by atoms with Crippen molar-refractivity contribution < 1.29 is 13.3 Å². The summed E-state index contributed by atoms with van der Waals surface area (Å²) in [7, 11) is -3.97. The highest BCUT2D eigenvalue weighted by Gasteiger charge is 2.18. The second kappa shape index (κ2) is 7.36. The summed E-state index contributed by atoms with van der Waals surface area (Å²) in [5.74, 6) is 0. The molecule has 0 fully saturated rings. The number of aromatic nitrogens is 2. The van der Waals surface area contributed by atoms with E-state index >= 15 is 0 Å². The van der Waals surface area contributed by atoms with Crippen molar-refractivity contribution in [3.63, 3.8) is 0 Å². The second-order valence-corrected chi connectivity index (χ2v) is 8.11. The van der Waals surface area contributed by atoms with Gasteiger partial charge in [0.05, 0.1) is 28.2 Å². The van der Waals surface area contributed by atoms with Crippen molar-refractivity contribution in [3.8, 4) is 0 Å². The van der Waals surface area contributed by atoms with Crippen molar-refractivity contribution in [2.24, 2.45) is 0 Å². The fraction of sp³-hybridized carbons (Fsp3) is 0.0500. The number of nitro benzene ring substituents is 1. The van der Waals surface area contributed by atoms with Crippen molar-refractivity contribution in [2.75, 3.05) is 4.72 Å². The molecule has 0 amide bonds. The number of hydrogen-bond acceptors (Lipinski definition) is 5. The molecule has 0 aliphatic carbocycles. The van der Waals surface area contributed by atoms with E-state index in [1.165, 1.54) is 24.4 Å². The molecular formula is C20H16N4O4S. The van der Waals surface area contributed by atoms with Crippen molar-refractivity contribution in [2.45, 2.75) is 11.4 Å². The van der Waals surface area contributed by atoms with Crippen molar-refractivity contribution in [1.29, 1.82) is 0 Å². The van der Waals surface area contributed by atoms with Crippen molar-refractivity contribution >= 4 is 32.2 Å². The van der Waals surface area contributed by atoms with E-state index in [4.69, 9.17) is 0 Å². The third-order valence-corrected chi connectivity index (χ3v) is 5.82. The average molecular weight is 408 g/mol. The zero-order valence-electron chi connectivity index (χ0n) is 15.1. The maximum Gasteiger partial charge on any atom is 0.270 e. The highest BCUT2D eigenvalue weighted by atomic mass is 32.2. The molecule has 0 saturated heterocycles. The number of rotatable bonds is 6. The average Bonchev–Trinajstić information content (AvgIpc) is 3.14. The first kappa shape index (κ1) is 18.6. The lowest BCUT2D eigenvalue weighted by Gasteiger charge is -2.07. The molecule has 9 heteroatoms. The summed E-state index contributed by atoms with van der Waals surface area (Å²) < 4.78 is 29.1. The summed E-state index contributed by atoms with van der Waals surface area (Å²) in [6.07, 6.45) is 2.98. The number of hydrogen-bond donors (Lipinski definition) is 1. The summed E-state index contributed by atoms with van der Waals surface area (Å²) in [5.41, 5.74) is 1.04. The van der Waals surface area contributed by atoms with Gasteiger partial charge in [0.25, 0.3) is 15.7 Å². The molecule has 0 bridgehead atoms. The molecule has 3 aromatic carbocycles. The molecule has 4 rings (SSSR count). The minimum Gasteiger partial charge on any atom is -0.276 e. The van der Waals surface area contributed by atoms with E-state index in [-0.39, 0.29) is 16.3 Å². The van der Waals surface area contributed by atoms with E-state index in [1.54, 1.807) is 10.9 Å². The molecule has 1 aromatic heterocycles. The minimum absolute atomic E-state index is 0.187. The van der Waals surface area contributed by atoms with Gasteiger partial charge >= 0.3 is 0 Å². The second-order valence-electron chi connectivity index (χ2n) is 6.42. The molecule has 0 unspecified atom stereocenters. The summed E-state index contributed by atoms with van der Waals surface area (Å²) in [6.45, 7) is 0.472. The van der Waals surface area contributed by atoms with Crippen LogP contribution in [0.15, 0.2) is 84.0 Å². The topological polar surface area (TPSA) is 107 Å². The number of anilines is 1. The van der Waals surface area contributed by atoms with Crippen LogP contribution in [0.25, 0.3) is 10.8 Å². The van der Waals surface area contributed by atoms with Gasteiger partial charge in [-0.3, -0.25) is 19.5 Å². The number of benzene rings is 3. The minimum atomic E-state index is -3.97. The van der Waals surface area contributed by atoms with Crippen LogP contribution in [-0.4, -0.2) is 23.1 Å². The van der Waals surface area contributed by atoms with E-state index in [1.807, 2.05) is 42.5 Å². The van der Waals surface area contributed by atoms with Crippen LogP contribution in [0.5, 0.6) is 0 Å². The number of nitrogens with zero attached hydrogens (tertiary/aromatic N) is 3. The number of non-ortho nitro benzene ring substituents is 1. The Morgan fingerprint density at radius 2 is 1.79 bits per heavy atom. The molecule has 0 aliphatic heterocycles. The smallest absolute Gasteiger partial charge is 0.270 e. The van der Waals surface area contributed by atoms with Crippen molar-refractivity contribution in [3.05, 3.63) is 94.8 Å². The third kappa shape index (κ3) is 3.94. The summed E-state index contributed by atoms with van der Waals surface area (Å²) in [5, 5.41) is 17.3. The summed E-state index contributed by atoms with van der Waals surface area (Å²) >= 11 is 0. The Hall–Kier alpha value is -3.72. The zero-order valence-corrected chi connectivity index (χ0v) is 15.9. The van der Waals surface area contributed by atoms with Gasteiger partial charge in [-0.05, 0) is 22.4 Å². The van der Waals surface area contributed by atoms with Crippen LogP contribution in [-0.2, 0) is 16.6 Å². The Morgan fingerprint density at radius 1 is 1.03 bits per heavy atom. The van der Waals surface area contributed by atoms with E-state index in [2.05, 4.69) is 9.82 Å². The Morgan fingerprint density at radius 3 is 2.62 bits per heavy atom. The van der Waals surface area contributed by atoms with Gasteiger partial charge in [0.1, 0.15) is 0 Å². The largest absolute Gasteiger partial charge is 0.276 e. The van der Waals surface area contributed by atoms with E-state index in [0.717, 1.165) is 22.4 Å². The standard InChI is InChI=1S/C20H16N4O4S/c25-24(26)18-8-4-9-19(11-18)29(27,28)22-17-12-21-23(14-17)13-16-7-3-6-15-5-1-2-10-20(15)16/h1-12,14,22H,13H2. The maximum absolute atomic E-state index is 12.5. The summed E-state index contributed by atoms with van der Waals surface area (Å²) in [4.78, 5) is 10.1. The third-order valence-electron chi connectivity index (χ3n) is 4.44. The molecule has 0 saturated carbocycles. The number of nitrogens with one attached hydrogen (secondary N) is 1. The lowest BCUT2D eigenvalue weighted by atomic mass is 10.0. The van der Waals surface area contributed by atoms with Crippen LogP contribution in [0.2, 0.25) is 0 Å². The number of nitro groups is 1. The normalized spacial score (nSPS) is 11.4. The zero-order chi connectivity index (χ0) is 20.4. The van der Waals surface area contributed by atoms with Crippen LogP contribution in [0.4, 0.5) is 11.4 Å². The molecule has 0 atom stereocenters. The molecule has 1 N–H and O–H groups in total. The molecule has 1 heterocycles. The SMILES string of the molecule is O=[N+]([O-])c1cccc(S(=O)(=O)Nc2cnn(Cc3cccc4ccccc34)c2)c1. The van der Waals surface area contributed by atoms with Crippen LogP contribution in [0, 0.1) is 10.1 Å². The van der Waals surface area contributed by atoms with E-state index in [9.17, 15) is 18.5 Å². The highest BCUT2D eigenvalue weighted by molar-refractivity contribution is 7.92. The molecule has 0 aliphatic rings. The van der Waals surface area contributed by atoms with Crippen LogP contribution < -0.4 is 4.72 Å². The van der Waals surface area contributed by atoms with Gasteiger partial charge in [0.15, 0.2) is 0 Å². The Bertz CT molecular complexity index is 1310. The first-order chi connectivity index (χ1) is 13.9. The quantitative estimate of drug-likeness (QED) is 0.386. The van der Waals surface area contributed by atoms with Crippen LogP contribution >= 0.6 is 0 Å². The molecule has 4 aromatic rings. The Balaban J connectivity index is 1.56. The van der Waals surface area contributed by atoms with Gasteiger partial charge in [-0.25, -0.2) is 8.42 Å². The lowest BCUT2D eigenvalue weighted by Crippen LogP contribution is -2.12. The first-order valence-electron chi connectivity index (χ1n) is 8.69. The van der Waals surface area contributed by atoms with Gasteiger partial charge < -0.3 is 0 Å². The predicted molar refractivity (Wildman–Crippen MR) is 109 cm³/mol. The van der Waals surface area contributed by atoms with Gasteiger partial charge in [0, 0.05) is 18.3 Å².